The molecule has 1 heterocycles. The minimum atomic E-state index is 0.177. The summed E-state index contributed by atoms with van der Waals surface area (Å²) in [5.41, 5.74) is 3.76. The van der Waals surface area contributed by atoms with Gasteiger partial charge in [0.05, 0.1) is 0 Å². The molecule has 3 rings (SSSR count). The topological polar surface area (TPSA) is 17.1 Å². The smallest absolute Gasteiger partial charge is 0.156 e. The van der Waals surface area contributed by atoms with E-state index in [4.69, 9.17) is 0 Å². The maximum atomic E-state index is 11.8. The molecule has 20 heavy (non-hydrogen) atoms. The van der Waals surface area contributed by atoms with Crippen LogP contribution in [0.2, 0.25) is 0 Å². The van der Waals surface area contributed by atoms with Crippen LogP contribution in [0.1, 0.15) is 29.7 Å². The molecular weight excluding hydrogens is 264 g/mol. The van der Waals surface area contributed by atoms with Gasteiger partial charge in [-0.2, -0.15) is 0 Å². The quantitative estimate of drug-likeness (QED) is 0.769. The average Bonchev–Trinajstić information content (AvgIpc) is 3.02. The second kappa shape index (κ2) is 5.59. The Kier molecular flexibility index (Phi) is 3.66. The van der Waals surface area contributed by atoms with Crippen molar-refractivity contribution in [3.05, 3.63) is 76.0 Å². The summed E-state index contributed by atoms with van der Waals surface area (Å²) >= 11 is 1.75. The number of benzene rings is 1. The van der Waals surface area contributed by atoms with Crippen molar-refractivity contribution in [2.24, 2.45) is 0 Å². The molecule has 0 radical (unpaired) electrons. The van der Waals surface area contributed by atoms with E-state index in [9.17, 15) is 4.79 Å². The Labute approximate surface area is 123 Å². The lowest BCUT2D eigenvalue weighted by Crippen LogP contribution is -2.12. The summed E-state index contributed by atoms with van der Waals surface area (Å²) in [6, 6.07) is 14.5. The second-order valence-corrected chi connectivity index (χ2v) is 5.97. The van der Waals surface area contributed by atoms with E-state index < -0.39 is 0 Å². The van der Waals surface area contributed by atoms with Gasteiger partial charge in [-0.3, -0.25) is 4.79 Å². The van der Waals surface area contributed by atoms with Crippen LogP contribution in [0.3, 0.4) is 0 Å². The van der Waals surface area contributed by atoms with Crippen molar-refractivity contribution >= 4 is 22.7 Å². The highest BCUT2D eigenvalue weighted by Gasteiger charge is 2.23. The molecule has 0 bridgehead atoms. The van der Waals surface area contributed by atoms with E-state index in [0.29, 0.717) is 6.42 Å². The van der Waals surface area contributed by atoms with Crippen LogP contribution in [0.4, 0.5) is 0 Å². The minimum absolute atomic E-state index is 0.177. The number of hydrogen-bond donors (Lipinski definition) is 0. The second-order valence-electron chi connectivity index (χ2n) is 5.02. The van der Waals surface area contributed by atoms with E-state index in [0.717, 1.165) is 0 Å². The number of carbonyl (C=O) groups is 1. The van der Waals surface area contributed by atoms with Crippen LogP contribution in [0.5, 0.6) is 0 Å². The molecule has 100 valence electrons. The molecule has 0 N–H and O–H groups in total. The molecule has 2 aromatic rings. The standard InChI is InChI=1S/C18H16OS/c1-13(18-8-5-11-20-18)16-10-9-15(19)12-17(16)14-6-3-2-4-7-14/h2-11,17H,12H2,1H3/b16-13+. The highest BCUT2D eigenvalue weighted by atomic mass is 32.1. The van der Waals surface area contributed by atoms with Crippen molar-refractivity contribution in [2.45, 2.75) is 19.3 Å². The third-order valence-electron chi connectivity index (χ3n) is 3.76. The Morgan fingerprint density at radius 2 is 1.90 bits per heavy atom. The first-order valence-electron chi connectivity index (χ1n) is 6.76. The first kappa shape index (κ1) is 13.1. The van der Waals surface area contributed by atoms with Crippen LogP contribution < -0.4 is 0 Å². The molecule has 0 fully saturated rings. The summed E-state index contributed by atoms with van der Waals surface area (Å²) < 4.78 is 0. The summed E-state index contributed by atoms with van der Waals surface area (Å²) in [5.74, 6) is 0.386. The van der Waals surface area contributed by atoms with Crippen LogP contribution in [0.25, 0.3) is 5.57 Å². The van der Waals surface area contributed by atoms with Crippen LogP contribution >= 0.6 is 11.3 Å². The maximum Gasteiger partial charge on any atom is 0.156 e. The molecule has 0 spiro atoms. The van der Waals surface area contributed by atoms with Crippen LogP contribution in [0.15, 0.2) is 65.6 Å². The zero-order chi connectivity index (χ0) is 13.9. The zero-order valence-corrected chi connectivity index (χ0v) is 12.2. The van der Waals surface area contributed by atoms with Crippen molar-refractivity contribution in [1.29, 1.82) is 0 Å². The highest BCUT2D eigenvalue weighted by Crippen LogP contribution is 2.37. The van der Waals surface area contributed by atoms with E-state index >= 15 is 0 Å². The fourth-order valence-electron chi connectivity index (χ4n) is 2.68. The zero-order valence-electron chi connectivity index (χ0n) is 11.4. The lowest BCUT2D eigenvalue weighted by Gasteiger charge is -2.23. The van der Waals surface area contributed by atoms with Crippen molar-refractivity contribution in [2.75, 3.05) is 0 Å². The van der Waals surface area contributed by atoms with Gasteiger partial charge in [-0.05, 0) is 41.2 Å². The SMILES string of the molecule is C/C(=C1/C=CC(=O)CC1c1ccccc1)c1cccs1. The molecule has 1 nitrogen and oxygen atoms in total. The van der Waals surface area contributed by atoms with Crippen molar-refractivity contribution < 1.29 is 4.79 Å². The Morgan fingerprint density at radius 1 is 1.10 bits per heavy atom. The maximum absolute atomic E-state index is 11.8. The minimum Gasteiger partial charge on any atom is -0.295 e. The molecule has 1 aliphatic carbocycles. The fraction of sp³-hybridized carbons (Fsp3) is 0.167. The van der Waals surface area contributed by atoms with Gasteiger partial charge in [0.15, 0.2) is 5.78 Å². The number of hydrogen-bond acceptors (Lipinski definition) is 2. The van der Waals surface area contributed by atoms with Gasteiger partial charge in [0.1, 0.15) is 0 Å². The molecule has 0 saturated carbocycles. The average molecular weight is 280 g/mol. The molecule has 0 saturated heterocycles. The van der Waals surface area contributed by atoms with E-state index in [-0.39, 0.29) is 11.7 Å². The number of allylic oxidation sites excluding steroid dienone is 4. The van der Waals surface area contributed by atoms with E-state index in [1.165, 1.54) is 21.6 Å². The lowest BCUT2D eigenvalue weighted by atomic mass is 9.81. The normalized spacial score (nSPS) is 21.1. The Bertz CT molecular complexity index is 663. The van der Waals surface area contributed by atoms with E-state index in [1.807, 2.05) is 24.3 Å². The first-order valence-corrected chi connectivity index (χ1v) is 7.64. The van der Waals surface area contributed by atoms with Crippen LogP contribution in [-0.4, -0.2) is 5.78 Å². The number of ketones is 1. The lowest BCUT2D eigenvalue weighted by molar-refractivity contribution is -0.115. The molecule has 1 unspecified atom stereocenters. The molecule has 1 aromatic carbocycles. The third kappa shape index (κ3) is 2.52. The summed E-state index contributed by atoms with van der Waals surface area (Å²) in [6.45, 7) is 2.15. The summed E-state index contributed by atoms with van der Waals surface area (Å²) in [4.78, 5) is 13.1. The van der Waals surface area contributed by atoms with Crippen molar-refractivity contribution in [3.8, 4) is 0 Å². The van der Waals surface area contributed by atoms with Gasteiger partial charge >= 0.3 is 0 Å². The fourth-order valence-corrected chi connectivity index (χ4v) is 3.44. The summed E-state index contributed by atoms with van der Waals surface area (Å²) in [6.07, 6.45) is 4.28. The van der Waals surface area contributed by atoms with Gasteiger partial charge in [-0.1, -0.05) is 42.5 Å². The molecular formula is C18H16OS. The van der Waals surface area contributed by atoms with Gasteiger partial charge < -0.3 is 0 Å². The third-order valence-corrected chi connectivity index (χ3v) is 4.74. The predicted molar refractivity (Wildman–Crippen MR) is 84.9 cm³/mol. The number of thiophene rings is 1. The molecule has 2 heteroatoms. The van der Waals surface area contributed by atoms with Gasteiger partial charge in [0.25, 0.3) is 0 Å². The van der Waals surface area contributed by atoms with Gasteiger partial charge in [-0.15, -0.1) is 11.3 Å². The van der Waals surface area contributed by atoms with Gasteiger partial charge in [-0.25, -0.2) is 0 Å². The Hall–Kier alpha value is -1.93. The van der Waals surface area contributed by atoms with Gasteiger partial charge in [0.2, 0.25) is 0 Å². The molecule has 1 aliphatic rings. The molecule has 1 aromatic heterocycles. The van der Waals surface area contributed by atoms with E-state index in [1.54, 1.807) is 17.4 Å². The molecule has 0 amide bonds. The largest absolute Gasteiger partial charge is 0.295 e. The summed E-state index contributed by atoms with van der Waals surface area (Å²) in [5, 5.41) is 2.09. The Balaban J connectivity index is 2.09. The molecule has 0 aliphatic heterocycles. The van der Waals surface area contributed by atoms with Crippen LogP contribution in [-0.2, 0) is 4.79 Å². The molecule has 1 atom stereocenters. The van der Waals surface area contributed by atoms with Crippen molar-refractivity contribution in [3.63, 3.8) is 0 Å². The highest BCUT2D eigenvalue weighted by molar-refractivity contribution is 7.11. The first-order chi connectivity index (χ1) is 9.75. The van der Waals surface area contributed by atoms with E-state index in [2.05, 4.69) is 36.6 Å². The van der Waals surface area contributed by atoms with Crippen molar-refractivity contribution in [1.82, 2.24) is 0 Å². The van der Waals surface area contributed by atoms with Crippen LogP contribution in [0, 0.1) is 0 Å². The predicted octanol–water partition coefficient (Wildman–Crippen LogP) is 4.83. The monoisotopic (exact) mass is 280 g/mol. The van der Waals surface area contributed by atoms with Gasteiger partial charge in [0, 0.05) is 17.2 Å². The summed E-state index contributed by atoms with van der Waals surface area (Å²) in [7, 11) is 0. The number of carbonyl (C=O) groups excluding carboxylic acids is 1. The Morgan fingerprint density at radius 3 is 2.60 bits per heavy atom. The number of rotatable bonds is 2.